The number of fused-ring (bicyclic) bond motifs is 3. The molecule has 4 aromatic heterocycles. The molecule has 1 atom stereocenters. The van der Waals surface area contributed by atoms with E-state index in [-0.39, 0.29) is 34.2 Å². The molecule has 34 heavy (non-hydrogen) atoms. The van der Waals surface area contributed by atoms with Crippen molar-refractivity contribution in [2.24, 2.45) is 0 Å². The number of alkyl halides is 6. The Hall–Kier alpha value is -3.42. The van der Waals surface area contributed by atoms with Gasteiger partial charge in [0.05, 0.1) is 10.9 Å². The molecule has 0 aromatic carbocycles. The predicted octanol–water partition coefficient (Wildman–Crippen LogP) is 4.21. The van der Waals surface area contributed by atoms with Gasteiger partial charge in [-0.1, -0.05) is 6.07 Å². The average molecular weight is 484 g/mol. The summed E-state index contributed by atoms with van der Waals surface area (Å²) >= 11 is 0. The molecule has 5 heterocycles. The molecule has 8 nitrogen and oxygen atoms in total. The third-order valence-electron chi connectivity index (χ3n) is 5.73. The lowest BCUT2D eigenvalue weighted by atomic mass is 10.1. The van der Waals surface area contributed by atoms with Crippen LogP contribution in [0.2, 0.25) is 0 Å². The summed E-state index contributed by atoms with van der Waals surface area (Å²) in [5, 5.41) is 13.3. The van der Waals surface area contributed by atoms with Crippen LogP contribution in [0.3, 0.4) is 0 Å². The first-order valence-corrected chi connectivity index (χ1v) is 10.3. The molecule has 1 saturated heterocycles. The summed E-state index contributed by atoms with van der Waals surface area (Å²) in [5.41, 5.74) is -3.18. The van der Waals surface area contributed by atoms with Crippen molar-refractivity contribution in [1.82, 2.24) is 34.7 Å². The van der Waals surface area contributed by atoms with Crippen molar-refractivity contribution >= 4 is 22.5 Å². The zero-order valence-corrected chi connectivity index (χ0v) is 17.7. The molecule has 0 unspecified atom stereocenters. The zero-order valence-electron chi connectivity index (χ0n) is 17.7. The van der Waals surface area contributed by atoms with Gasteiger partial charge in [0, 0.05) is 18.8 Å². The Morgan fingerprint density at radius 3 is 2.59 bits per heavy atom. The second-order valence-corrected chi connectivity index (χ2v) is 8.20. The Bertz CT molecular complexity index is 1360. The number of likely N-dealkylation sites (N-methyl/N-ethyl adjacent to an activating group) is 1. The van der Waals surface area contributed by atoms with Crippen LogP contribution in [0.1, 0.15) is 24.1 Å². The van der Waals surface area contributed by atoms with Gasteiger partial charge in [0.15, 0.2) is 5.65 Å². The fourth-order valence-electron chi connectivity index (χ4n) is 4.24. The number of rotatable bonds is 3. The quantitative estimate of drug-likeness (QED) is 0.424. The monoisotopic (exact) mass is 484 g/mol. The number of H-pyrrole nitrogens is 1. The van der Waals surface area contributed by atoms with Gasteiger partial charge in [-0.3, -0.25) is 5.10 Å². The Kier molecular flexibility index (Phi) is 5.15. The predicted molar refractivity (Wildman–Crippen MR) is 110 cm³/mol. The van der Waals surface area contributed by atoms with E-state index in [1.54, 1.807) is 0 Å². The summed E-state index contributed by atoms with van der Waals surface area (Å²) < 4.78 is 82.4. The Morgan fingerprint density at radius 2 is 1.88 bits per heavy atom. The number of likely N-dealkylation sites (tertiary alicyclic amines) is 1. The molecule has 4 aromatic rings. The Morgan fingerprint density at radius 1 is 1.09 bits per heavy atom. The fraction of sp³-hybridized carbons (Fsp3) is 0.400. The van der Waals surface area contributed by atoms with E-state index >= 15 is 0 Å². The molecule has 0 radical (unpaired) electrons. The Labute approximate surface area is 188 Å². The summed E-state index contributed by atoms with van der Waals surface area (Å²) in [4.78, 5) is 10.0. The lowest BCUT2D eigenvalue weighted by Crippen LogP contribution is -2.40. The summed E-state index contributed by atoms with van der Waals surface area (Å²) in [6.45, 7) is 1.58. The van der Waals surface area contributed by atoms with Crippen LogP contribution in [-0.4, -0.2) is 60.9 Å². The molecule has 0 aliphatic carbocycles. The summed E-state index contributed by atoms with van der Waals surface area (Å²) in [5.74, 6) is -0.0214. The summed E-state index contributed by atoms with van der Waals surface area (Å²) in [6, 6.07) is 3.26. The molecule has 0 saturated carbocycles. The van der Waals surface area contributed by atoms with E-state index in [4.69, 9.17) is 0 Å². The first-order chi connectivity index (χ1) is 16.0. The van der Waals surface area contributed by atoms with Gasteiger partial charge in [0.2, 0.25) is 5.95 Å². The number of aromatic nitrogens is 6. The largest absolute Gasteiger partial charge is 0.433 e. The van der Waals surface area contributed by atoms with Crippen LogP contribution < -0.4 is 5.32 Å². The molecule has 1 aliphatic heterocycles. The van der Waals surface area contributed by atoms with Gasteiger partial charge in [-0.25, -0.2) is 14.5 Å². The van der Waals surface area contributed by atoms with Gasteiger partial charge >= 0.3 is 12.4 Å². The maximum atomic E-state index is 13.8. The highest BCUT2D eigenvalue weighted by molar-refractivity contribution is 6.02. The van der Waals surface area contributed by atoms with Gasteiger partial charge < -0.3 is 10.2 Å². The first kappa shape index (κ1) is 22.4. The minimum atomic E-state index is -4.82. The summed E-state index contributed by atoms with van der Waals surface area (Å²) in [6.07, 6.45) is -7.17. The molecule has 14 heteroatoms. The minimum absolute atomic E-state index is 0.00125. The summed E-state index contributed by atoms with van der Waals surface area (Å²) in [7, 11) is 1.94. The van der Waals surface area contributed by atoms with E-state index in [9.17, 15) is 26.3 Å². The standard InChI is InChI=1S/C20H18F6N8/c1-33-7-3-4-10(9-33)28-18-27-8-11(19(21,22)23)15(29-18)16-14-12-5-2-6-13(20(24,25)26)34(12)32-17(14)31-30-16/h2,5-6,8,10H,3-4,7,9H2,1H3,(H,31,32)(H,27,28,29)/t10-/m0/s1. The second-order valence-electron chi connectivity index (χ2n) is 8.20. The molecule has 1 fully saturated rings. The van der Waals surface area contributed by atoms with Crippen molar-refractivity contribution in [3.05, 3.63) is 35.7 Å². The van der Waals surface area contributed by atoms with Crippen molar-refractivity contribution in [3.8, 4) is 11.4 Å². The third-order valence-corrected chi connectivity index (χ3v) is 5.73. The fourth-order valence-corrected chi connectivity index (χ4v) is 4.24. The molecule has 0 bridgehead atoms. The smallest absolute Gasteiger partial charge is 0.350 e. The van der Waals surface area contributed by atoms with Crippen LogP contribution in [0.25, 0.3) is 27.9 Å². The number of hydrogen-bond acceptors (Lipinski definition) is 6. The minimum Gasteiger partial charge on any atom is -0.350 e. The normalized spacial score (nSPS) is 18.1. The molecule has 0 spiro atoms. The van der Waals surface area contributed by atoms with Crippen molar-refractivity contribution < 1.29 is 26.3 Å². The third kappa shape index (κ3) is 3.91. The highest BCUT2D eigenvalue weighted by Crippen LogP contribution is 2.39. The number of hydrogen-bond donors (Lipinski definition) is 2. The molecule has 180 valence electrons. The van der Waals surface area contributed by atoms with Crippen LogP contribution in [0.5, 0.6) is 0 Å². The number of halogens is 6. The number of aromatic amines is 1. The van der Waals surface area contributed by atoms with Gasteiger partial charge in [0.25, 0.3) is 0 Å². The topological polar surface area (TPSA) is 87.0 Å². The van der Waals surface area contributed by atoms with E-state index in [1.807, 2.05) is 7.05 Å². The molecular formula is C20H18F6N8. The average Bonchev–Trinajstić information content (AvgIpc) is 3.31. The van der Waals surface area contributed by atoms with E-state index in [2.05, 4.69) is 35.5 Å². The van der Waals surface area contributed by atoms with Crippen molar-refractivity contribution in [2.45, 2.75) is 31.2 Å². The van der Waals surface area contributed by atoms with E-state index in [0.29, 0.717) is 17.3 Å². The van der Waals surface area contributed by atoms with Gasteiger partial charge in [-0.05, 0) is 38.6 Å². The number of anilines is 1. The molecule has 0 amide bonds. The van der Waals surface area contributed by atoms with Crippen molar-refractivity contribution in [3.63, 3.8) is 0 Å². The van der Waals surface area contributed by atoms with Crippen LogP contribution in [0, 0.1) is 0 Å². The lowest BCUT2D eigenvalue weighted by molar-refractivity contribution is -0.142. The maximum absolute atomic E-state index is 13.8. The van der Waals surface area contributed by atoms with Crippen molar-refractivity contribution in [1.29, 1.82) is 0 Å². The highest BCUT2D eigenvalue weighted by Gasteiger charge is 2.38. The van der Waals surface area contributed by atoms with Crippen molar-refractivity contribution in [2.75, 3.05) is 25.5 Å². The van der Waals surface area contributed by atoms with Crippen LogP contribution in [0.15, 0.2) is 24.4 Å². The van der Waals surface area contributed by atoms with Crippen LogP contribution in [0.4, 0.5) is 32.3 Å². The first-order valence-electron chi connectivity index (χ1n) is 10.3. The number of piperidine rings is 1. The number of nitrogens with zero attached hydrogens (tertiary/aromatic N) is 6. The number of nitrogens with one attached hydrogen (secondary N) is 2. The van der Waals surface area contributed by atoms with Gasteiger partial charge in [0.1, 0.15) is 22.6 Å². The Balaban J connectivity index is 1.66. The molecular weight excluding hydrogens is 466 g/mol. The molecule has 2 N–H and O–H groups in total. The van der Waals surface area contributed by atoms with Crippen LogP contribution in [-0.2, 0) is 12.4 Å². The molecule has 1 aliphatic rings. The van der Waals surface area contributed by atoms with E-state index in [1.165, 1.54) is 6.07 Å². The number of pyridine rings is 1. The molecule has 5 rings (SSSR count). The SMILES string of the molecule is CN1CCC[C@H](Nc2ncc(C(F)(F)F)c(-c3n[nH]c4nn5c(C(F)(F)F)cccc5c34)n2)C1. The second kappa shape index (κ2) is 7.82. The lowest BCUT2D eigenvalue weighted by Gasteiger charge is -2.30. The highest BCUT2D eigenvalue weighted by atomic mass is 19.4. The van der Waals surface area contributed by atoms with Gasteiger partial charge in [-0.2, -0.15) is 31.4 Å². The maximum Gasteiger partial charge on any atom is 0.433 e. The van der Waals surface area contributed by atoms with E-state index in [0.717, 1.165) is 31.5 Å². The van der Waals surface area contributed by atoms with Crippen LogP contribution >= 0.6 is 0 Å². The van der Waals surface area contributed by atoms with E-state index < -0.39 is 29.3 Å². The van der Waals surface area contributed by atoms with Gasteiger partial charge in [-0.15, -0.1) is 5.10 Å². The zero-order chi connectivity index (χ0) is 24.3.